The number of benzene rings is 1. The molecule has 45 heavy (non-hydrogen) atoms. The number of carbonyl (C=O) groups is 5. The van der Waals surface area contributed by atoms with Crippen LogP contribution in [-0.2, 0) is 32.0 Å². The molecule has 4 aliphatic carbocycles. The van der Waals surface area contributed by atoms with Crippen molar-refractivity contribution in [3.63, 3.8) is 0 Å². The van der Waals surface area contributed by atoms with E-state index in [9.17, 15) is 24.0 Å². The van der Waals surface area contributed by atoms with Gasteiger partial charge in [0.2, 0.25) is 17.6 Å². The number of nitrogens with zero attached hydrogens (tertiary/aromatic N) is 1. The molecule has 0 bridgehead atoms. The van der Waals surface area contributed by atoms with Crippen molar-refractivity contribution < 1.29 is 24.0 Å². The number of hydrogen-bond donors (Lipinski definition) is 4. The van der Waals surface area contributed by atoms with Gasteiger partial charge in [-0.2, -0.15) is 0 Å². The molecule has 6 rings (SSSR count). The Balaban J connectivity index is 1.23. The predicted octanol–water partition coefficient (Wildman–Crippen LogP) is 3.16. The fourth-order valence-corrected chi connectivity index (χ4v) is 7.84. The lowest BCUT2D eigenvalue weighted by Crippen LogP contribution is -2.75. The van der Waals surface area contributed by atoms with E-state index in [0.717, 1.165) is 68.9 Å². The number of urea groups is 1. The minimum absolute atomic E-state index is 0.0383. The van der Waals surface area contributed by atoms with Crippen LogP contribution in [0.2, 0.25) is 0 Å². The van der Waals surface area contributed by atoms with Gasteiger partial charge in [0.05, 0.1) is 0 Å². The van der Waals surface area contributed by atoms with Crippen LogP contribution in [0.25, 0.3) is 0 Å². The van der Waals surface area contributed by atoms with E-state index in [1.165, 1.54) is 6.42 Å². The van der Waals surface area contributed by atoms with E-state index in [1.54, 1.807) is 4.90 Å². The molecular formula is C35H49N5O5. The molecule has 1 aromatic carbocycles. The van der Waals surface area contributed by atoms with Gasteiger partial charge in [0.1, 0.15) is 18.1 Å². The normalized spacial score (nSPS) is 24.0. The Hall–Kier alpha value is -3.43. The first-order valence-electron chi connectivity index (χ1n) is 17.0. The Morgan fingerprint density at radius 3 is 1.98 bits per heavy atom. The second kappa shape index (κ2) is 12.4. The Labute approximate surface area is 266 Å². The summed E-state index contributed by atoms with van der Waals surface area (Å²) in [4.78, 5) is 69.6. The third-order valence-electron chi connectivity index (χ3n) is 10.8. The number of nitrogens with one attached hydrogen (secondary N) is 4. The van der Waals surface area contributed by atoms with Crippen molar-refractivity contribution in [1.29, 1.82) is 0 Å². The summed E-state index contributed by atoms with van der Waals surface area (Å²) in [5.74, 6) is -2.04. The highest BCUT2D eigenvalue weighted by Gasteiger charge is 2.61. The van der Waals surface area contributed by atoms with Crippen molar-refractivity contribution in [3.05, 3.63) is 35.4 Å². The summed E-state index contributed by atoms with van der Waals surface area (Å²) < 4.78 is 0. The molecule has 1 aromatic rings. The van der Waals surface area contributed by atoms with Crippen LogP contribution in [0.3, 0.4) is 0 Å². The van der Waals surface area contributed by atoms with Gasteiger partial charge < -0.3 is 26.2 Å². The largest absolute Gasteiger partial charge is 0.347 e. The number of carbonyl (C=O) groups excluding carboxylic acids is 5. The second-order valence-corrected chi connectivity index (χ2v) is 15.4. The van der Waals surface area contributed by atoms with Crippen molar-refractivity contribution in [2.45, 2.75) is 128 Å². The predicted molar refractivity (Wildman–Crippen MR) is 169 cm³/mol. The summed E-state index contributed by atoms with van der Waals surface area (Å²) >= 11 is 0. The summed E-state index contributed by atoms with van der Waals surface area (Å²) in [5, 5.41) is 11.8. The second-order valence-electron chi connectivity index (χ2n) is 15.4. The highest BCUT2D eigenvalue weighted by atomic mass is 16.2. The average molecular weight is 620 g/mol. The van der Waals surface area contributed by atoms with Gasteiger partial charge in [0.15, 0.2) is 0 Å². The van der Waals surface area contributed by atoms with E-state index < -0.39 is 46.6 Å². The zero-order valence-electron chi connectivity index (χ0n) is 27.0. The van der Waals surface area contributed by atoms with Gasteiger partial charge in [-0.25, -0.2) is 4.79 Å². The van der Waals surface area contributed by atoms with Crippen LogP contribution in [0.15, 0.2) is 24.3 Å². The molecule has 1 saturated heterocycles. The van der Waals surface area contributed by atoms with Gasteiger partial charge in [-0.05, 0) is 73.8 Å². The lowest BCUT2D eigenvalue weighted by atomic mass is 9.67. The average Bonchev–Trinajstić information content (AvgIpc) is 3.68. The minimum atomic E-state index is -0.916. The Morgan fingerprint density at radius 1 is 0.800 bits per heavy atom. The van der Waals surface area contributed by atoms with Gasteiger partial charge in [0, 0.05) is 24.0 Å². The molecule has 1 aliphatic heterocycles. The molecule has 2 unspecified atom stereocenters. The molecule has 10 nitrogen and oxygen atoms in total. The molecule has 5 amide bonds. The fourth-order valence-electron chi connectivity index (χ4n) is 7.84. The quantitative estimate of drug-likeness (QED) is 0.315. The zero-order chi connectivity index (χ0) is 31.9. The highest BCUT2D eigenvalue weighted by Crippen LogP contribution is 2.49. The molecule has 10 heteroatoms. The third-order valence-corrected chi connectivity index (χ3v) is 10.8. The molecule has 3 saturated carbocycles. The smallest absolute Gasteiger partial charge is 0.315 e. The number of Topliss-reactive ketones (excluding diaryl/α,β-unsaturated/α-hetero) is 1. The van der Waals surface area contributed by atoms with Gasteiger partial charge in [-0.1, -0.05) is 70.7 Å². The summed E-state index contributed by atoms with van der Waals surface area (Å²) in [7, 11) is 0. The van der Waals surface area contributed by atoms with Crippen LogP contribution in [0.1, 0.15) is 96.1 Å². The third kappa shape index (κ3) is 6.61. The number of rotatable bonds is 9. The molecule has 3 atom stereocenters. The van der Waals surface area contributed by atoms with E-state index >= 15 is 0 Å². The van der Waals surface area contributed by atoms with Crippen molar-refractivity contribution in [2.75, 3.05) is 6.54 Å². The topological polar surface area (TPSA) is 137 Å². The maximum atomic E-state index is 14.4. The van der Waals surface area contributed by atoms with Crippen molar-refractivity contribution in [2.24, 2.45) is 16.7 Å². The molecule has 0 aromatic heterocycles. The van der Waals surface area contributed by atoms with E-state index in [4.69, 9.17) is 0 Å². The first-order chi connectivity index (χ1) is 21.4. The molecular weight excluding hydrogens is 570 g/mol. The molecule has 0 radical (unpaired) electrons. The zero-order valence-corrected chi connectivity index (χ0v) is 27.0. The van der Waals surface area contributed by atoms with Crippen molar-refractivity contribution >= 4 is 29.5 Å². The van der Waals surface area contributed by atoms with Crippen LogP contribution in [-0.4, -0.2) is 71.2 Å². The molecule has 4 fully saturated rings. The maximum absolute atomic E-state index is 14.4. The van der Waals surface area contributed by atoms with E-state index in [0.29, 0.717) is 19.4 Å². The van der Waals surface area contributed by atoms with Crippen molar-refractivity contribution in [1.82, 2.24) is 26.2 Å². The van der Waals surface area contributed by atoms with Gasteiger partial charge in [-0.3, -0.25) is 19.2 Å². The molecule has 1 spiro atoms. The summed E-state index contributed by atoms with van der Waals surface area (Å²) in [6.45, 7) is 6.12. The van der Waals surface area contributed by atoms with Gasteiger partial charge in [-0.15, -0.1) is 0 Å². The Morgan fingerprint density at radius 2 is 1.42 bits per heavy atom. The first-order valence-corrected chi connectivity index (χ1v) is 17.0. The van der Waals surface area contributed by atoms with Crippen molar-refractivity contribution in [3.8, 4) is 0 Å². The van der Waals surface area contributed by atoms with Crippen LogP contribution < -0.4 is 21.3 Å². The minimum Gasteiger partial charge on any atom is -0.347 e. The Bertz CT molecular complexity index is 1310. The summed E-state index contributed by atoms with van der Waals surface area (Å²) in [5.41, 5.74) is 1.19. The van der Waals surface area contributed by atoms with Gasteiger partial charge >= 0.3 is 6.03 Å². The number of hydrogen-bond acceptors (Lipinski definition) is 5. The van der Waals surface area contributed by atoms with E-state index in [2.05, 4.69) is 33.4 Å². The monoisotopic (exact) mass is 619 g/mol. The standard InChI is InChI=1S/C35H49N5O5/c1-34(2,3)28(39-33(45)37-24-14-5-4-6-15-24)32(44)40-20-35(18-22-10-7-8-11-23(22)19-35)29(40)31(43)38-26(21-12-9-13-21)27(41)30(42)36-25-16-17-25/h7-8,10-11,21,24-26,28-29H,4-6,9,12-20H2,1-3H3,(H,36,42)(H,38,43)(H2,37,39,45)/t26?,28-,29?/m1/s1. The van der Waals surface area contributed by atoms with Gasteiger partial charge in [0.25, 0.3) is 5.91 Å². The molecule has 5 aliphatic rings. The maximum Gasteiger partial charge on any atom is 0.315 e. The summed E-state index contributed by atoms with van der Waals surface area (Å²) in [6, 6.07) is 5.29. The molecule has 4 N–H and O–H groups in total. The van der Waals surface area contributed by atoms with Crippen LogP contribution in [0, 0.1) is 16.7 Å². The molecule has 1 heterocycles. The Kier molecular flexibility index (Phi) is 8.69. The SMILES string of the molecule is CC(C)(C)[C@H](NC(=O)NC1CCCCC1)C(=O)N1CC2(Cc3ccccc3C2)C1C(=O)NC(C(=O)C(=O)NC1CC1)C1CCC1. The lowest BCUT2D eigenvalue weighted by molar-refractivity contribution is -0.168. The summed E-state index contributed by atoms with van der Waals surface area (Å²) in [6.07, 6.45) is 10.7. The highest BCUT2D eigenvalue weighted by molar-refractivity contribution is 6.38. The lowest BCUT2D eigenvalue weighted by Gasteiger charge is -2.56. The first kappa shape index (κ1) is 31.5. The van der Waals surface area contributed by atoms with E-state index in [1.807, 2.05) is 32.9 Å². The van der Waals surface area contributed by atoms with Crippen LogP contribution >= 0.6 is 0 Å². The van der Waals surface area contributed by atoms with Crippen LogP contribution in [0.5, 0.6) is 0 Å². The number of ketones is 1. The molecule has 244 valence electrons. The number of likely N-dealkylation sites (tertiary alicyclic amines) is 1. The van der Waals surface area contributed by atoms with E-state index in [-0.39, 0.29) is 29.9 Å². The number of fused-ring (bicyclic) bond motifs is 1. The van der Waals surface area contributed by atoms with Crippen LogP contribution in [0.4, 0.5) is 4.79 Å². The number of amides is 5. The fraction of sp³-hybridized carbons (Fsp3) is 0.686.